The quantitative estimate of drug-likeness (QED) is 0.371. The number of phenolic OH excluding ortho intramolecular Hbond substituents is 2. The first-order valence-electron chi connectivity index (χ1n) is 10.7. The molecule has 3 N–H and O–H groups in total. The Kier molecular flexibility index (Phi) is 5.19. The molecule has 154 valence electrons. The van der Waals surface area contributed by atoms with E-state index in [4.69, 9.17) is 0 Å². The number of hydrogen-bond donors (Lipinski definition) is 3. The second-order valence-corrected chi connectivity index (χ2v) is 8.14. The second-order valence-electron chi connectivity index (χ2n) is 8.14. The van der Waals surface area contributed by atoms with E-state index >= 15 is 0 Å². The van der Waals surface area contributed by atoms with Crippen molar-refractivity contribution in [2.24, 2.45) is 0 Å². The molecule has 0 saturated carbocycles. The van der Waals surface area contributed by atoms with E-state index < -0.39 is 0 Å². The summed E-state index contributed by atoms with van der Waals surface area (Å²) in [6.45, 7) is 0.869. The third-order valence-electron chi connectivity index (χ3n) is 6.12. The van der Waals surface area contributed by atoms with Crippen LogP contribution in [0.25, 0.3) is 22.3 Å². The van der Waals surface area contributed by atoms with Crippen molar-refractivity contribution in [3.8, 4) is 33.8 Å². The van der Waals surface area contributed by atoms with Gasteiger partial charge in [0.25, 0.3) is 0 Å². The van der Waals surface area contributed by atoms with Gasteiger partial charge in [-0.3, -0.25) is 0 Å². The Morgan fingerprint density at radius 2 is 1.23 bits per heavy atom. The Bertz CT molecular complexity index is 1180. The van der Waals surface area contributed by atoms with Crippen molar-refractivity contribution in [1.29, 1.82) is 0 Å². The molecule has 31 heavy (non-hydrogen) atoms. The predicted molar refractivity (Wildman–Crippen MR) is 125 cm³/mol. The van der Waals surface area contributed by atoms with Crippen molar-refractivity contribution in [3.63, 3.8) is 0 Å². The molecule has 4 aromatic rings. The molecule has 3 heteroatoms. The van der Waals surface area contributed by atoms with Crippen molar-refractivity contribution in [3.05, 3.63) is 108 Å². The van der Waals surface area contributed by atoms with Crippen LogP contribution in [-0.2, 0) is 12.8 Å². The highest BCUT2D eigenvalue weighted by Crippen LogP contribution is 2.35. The van der Waals surface area contributed by atoms with Crippen molar-refractivity contribution < 1.29 is 10.2 Å². The standard InChI is InChI=1S/C28H25NO2/c30-27-17-24-14-15-29-26(25(24)18-28(27)31)16-19-6-8-21(9-7-19)23-12-10-22(11-13-23)20-4-2-1-3-5-20/h1-13,17-18,26,29-31H,14-16H2/t26-/m1/s1. The zero-order valence-electron chi connectivity index (χ0n) is 17.3. The molecule has 0 fully saturated rings. The predicted octanol–water partition coefficient (Wildman–Crippen LogP) is 5.86. The monoisotopic (exact) mass is 407 g/mol. The number of rotatable bonds is 4. The molecule has 1 heterocycles. The average Bonchev–Trinajstić information content (AvgIpc) is 2.82. The van der Waals surface area contributed by atoms with E-state index in [0.717, 1.165) is 30.5 Å². The van der Waals surface area contributed by atoms with Gasteiger partial charge in [-0.1, -0.05) is 78.9 Å². The highest BCUT2D eigenvalue weighted by Gasteiger charge is 2.22. The smallest absolute Gasteiger partial charge is 0.157 e. The van der Waals surface area contributed by atoms with Gasteiger partial charge in [0.2, 0.25) is 0 Å². The van der Waals surface area contributed by atoms with E-state index in [0.29, 0.717) is 0 Å². The van der Waals surface area contributed by atoms with E-state index in [1.807, 2.05) is 6.07 Å². The minimum atomic E-state index is -0.0539. The normalized spacial score (nSPS) is 15.4. The number of benzene rings is 4. The first kappa shape index (κ1) is 19.4. The fourth-order valence-corrected chi connectivity index (χ4v) is 4.40. The van der Waals surface area contributed by atoms with E-state index in [-0.39, 0.29) is 17.5 Å². The number of phenols is 2. The first-order chi connectivity index (χ1) is 15.2. The fraction of sp³-hybridized carbons (Fsp3) is 0.143. The molecule has 1 aliphatic heterocycles. The van der Waals surface area contributed by atoms with Gasteiger partial charge >= 0.3 is 0 Å². The maximum atomic E-state index is 9.94. The third-order valence-corrected chi connectivity index (χ3v) is 6.12. The lowest BCUT2D eigenvalue weighted by atomic mass is 9.89. The molecule has 1 aliphatic rings. The molecule has 0 bridgehead atoms. The molecule has 5 rings (SSSR count). The molecular formula is C28H25NO2. The van der Waals surface area contributed by atoms with Gasteiger partial charge in [0.15, 0.2) is 11.5 Å². The number of fused-ring (bicyclic) bond motifs is 1. The Morgan fingerprint density at radius 3 is 1.87 bits per heavy atom. The van der Waals surface area contributed by atoms with Crippen molar-refractivity contribution >= 4 is 0 Å². The summed E-state index contributed by atoms with van der Waals surface area (Å²) < 4.78 is 0. The zero-order chi connectivity index (χ0) is 21.2. The number of aromatic hydroxyl groups is 2. The van der Waals surface area contributed by atoms with Crippen LogP contribution in [0.5, 0.6) is 11.5 Å². The van der Waals surface area contributed by atoms with Crippen LogP contribution in [0.2, 0.25) is 0 Å². The van der Waals surface area contributed by atoms with Crippen LogP contribution in [-0.4, -0.2) is 16.8 Å². The van der Waals surface area contributed by atoms with Crippen molar-refractivity contribution in [2.45, 2.75) is 18.9 Å². The van der Waals surface area contributed by atoms with Crippen LogP contribution in [0.4, 0.5) is 0 Å². The van der Waals surface area contributed by atoms with Crippen LogP contribution in [0, 0.1) is 0 Å². The summed E-state index contributed by atoms with van der Waals surface area (Å²) in [4.78, 5) is 0. The van der Waals surface area contributed by atoms with Gasteiger partial charge in [-0.15, -0.1) is 0 Å². The van der Waals surface area contributed by atoms with Crippen LogP contribution in [0.1, 0.15) is 22.7 Å². The number of hydrogen-bond acceptors (Lipinski definition) is 3. The summed E-state index contributed by atoms with van der Waals surface area (Å²) in [5, 5.41) is 23.3. The fourth-order valence-electron chi connectivity index (χ4n) is 4.40. The molecular weight excluding hydrogens is 382 g/mol. The van der Waals surface area contributed by atoms with Crippen LogP contribution >= 0.6 is 0 Å². The van der Waals surface area contributed by atoms with Gasteiger partial charge in [-0.2, -0.15) is 0 Å². The molecule has 0 radical (unpaired) electrons. The van der Waals surface area contributed by atoms with E-state index in [1.54, 1.807) is 12.1 Å². The Balaban J connectivity index is 1.33. The third kappa shape index (κ3) is 4.05. The maximum absolute atomic E-state index is 9.94. The maximum Gasteiger partial charge on any atom is 0.157 e. The van der Waals surface area contributed by atoms with E-state index in [1.165, 1.54) is 27.8 Å². The van der Waals surface area contributed by atoms with Gasteiger partial charge in [0.1, 0.15) is 0 Å². The number of nitrogens with one attached hydrogen (secondary N) is 1. The highest BCUT2D eigenvalue weighted by molar-refractivity contribution is 5.70. The Labute approximate surface area is 182 Å². The lowest BCUT2D eigenvalue weighted by Gasteiger charge is -2.27. The van der Waals surface area contributed by atoms with Gasteiger partial charge in [0.05, 0.1) is 0 Å². The molecule has 4 aromatic carbocycles. The van der Waals surface area contributed by atoms with Crippen LogP contribution < -0.4 is 5.32 Å². The van der Waals surface area contributed by atoms with E-state index in [9.17, 15) is 10.2 Å². The van der Waals surface area contributed by atoms with E-state index in [2.05, 4.69) is 78.1 Å². The van der Waals surface area contributed by atoms with Crippen LogP contribution in [0.3, 0.4) is 0 Å². The lowest BCUT2D eigenvalue weighted by Crippen LogP contribution is -2.31. The van der Waals surface area contributed by atoms with Crippen molar-refractivity contribution in [2.75, 3.05) is 6.54 Å². The lowest BCUT2D eigenvalue weighted by molar-refractivity contribution is 0.398. The molecule has 0 saturated heterocycles. The minimum Gasteiger partial charge on any atom is -0.504 e. The minimum absolute atomic E-state index is 0.0398. The summed E-state index contributed by atoms with van der Waals surface area (Å²) in [5.74, 6) is -0.0937. The summed E-state index contributed by atoms with van der Waals surface area (Å²) in [5.41, 5.74) is 8.26. The largest absolute Gasteiger partial charge is 0.504 e. The Hall–Kier alpha value is -3.56. The van der Waals surface area contributed by atoms with Gasteiger partial charge in [0, 0.05) is 6.04 Å². The van der Waals surface area contributed by atoms with Gasteiger partial charge in [-0.25, -0.2) is 0 Å². The summed E-state index contributed by atoms with van der Waals surface area (Å²) >= 11 is 0. The highest BCUT2D eigenvalue weighted by atomic mass is 16.3. The first-order valence-corrected chi connectivity index (χ1v) is 10.7. The molecule has 3 nitrogen and oxygen atoms in total. The molecule has 0 unspecified atom stereocenters. The molecule has 0 aromatic heterocycles. The summed E-state index contributed by atoms with van der Waals surface area (Å²) in [7, 11) is 0. The van der Waals surface area contributed by atoms with Crippen molar-refractivity contribution in [1.82, 2.24) is 5.32 Å². The summed E-state index contributed by atoms with van der Waals surface area (Å²) in [6.07, 6.45) is 1.70. The topological polar surface area (TPSA) is 52.5 Å². The molecule has 0 aliphatic carbocycles. The summed E-state index contributed by atoms with van der Waals surface area (Å²) in [6, 6.07) is 31.3. The van der Waals surface area contributed by atoms with Gasteiger partial charge in [-0.05, 0) is 70.5 Å². The zero-order valence-corrected chi connectivity index (χ0v) is 17.3. The molecule has 0 spiro atoms. The molecule has 1 atom stereocenters. The average molecular weight is 408 g/mol. The van der Waals surface area contributed by atoms with Crippen LogP contribution in [0.15, 0.2) is 91.0 Å². The second kappa shape index (κ2) is 8.29. The SMILES string of the molecule is Oc1cc2c(cc1O)[C@@H](Cc1ccc(-c3ccc(-c4ccccc4)cc3)cc1)NCC2. The van der Waals surface area contributed by atoms with Gasteiger partial charge < -0.3 is 15.5 Å². The Morgan fingerprint density at radius 1 is 0.677 bits per heavy atom. The molecule has 0 amide bonds.